The number of nitrogens with zero attached hydrogens (tertiary/aromatic N) is 6. The Balaban J connectivity index is 0.00000552. The summed E-state index contributed by atoms with van der Waals surface area (Å²) in [5, 5.41) is 7.64. The molecular weight excluding hydrogens is 631 g/mol. The van der Waals surface area contributed by atoms with Crippen LogP contribution in [0.1, 0.15) is 64.2 Å². The second-order valence-corrected chi connectivity index (χ2v) is 12.0. The van der Waals surface area contributed by atoms with E-state index in [1.54, 1.807) is 0 Å². The van der Waals surface area contributed by atoms with Gasteiger partial charge in [-0.25, -0.2) is 0 Å². The van der Waals surface area contributed by atoms with Gasteiger partial charge in [-0.1, -0.05) is 36.0 Å². The SMILES string of the molecule is Cl.N/C(=N/C(=NCCCCCCN=C(/N=C(/N)Nc1ccc(Cl)cc1)N1CCCCC1)N1CCCCC1)Nc1ccc(Cl)cc1. The summed E-state index contributed by atoms with van der Waals surface area (Å²) in [4.78, 5) is 23.5. The lowest BCUT2D eigenvalue weighted by atomic mass is 10.1. The first-order chi connectivity index (χ1) is 21.5. The van der Waals surface area contributed by atoms with Gasteiger partial charge in [-0.15, -0.1) is 12.4 Å². The van der Waals surface area contributed by atoms with E-state index in [9.17, 15) is 0 Å². The van der Waals surface area contributed by atoms with Gasteiger partial charge in [0.15, 0.2) is 0 Å². The normalized spacial score (nSPS) is 16.8. The number of unbranched alkanes of at least 4 members (excludes halogenated alkanes) is 3. The summed E-state index contributed by atoms with van der Waals surface area (Å²) in [5.41, 5.74) is 14.2. The predicted octanol–water partition coefficient (Wildman–Crippen LogP) is 6.81. The summed E-state index contributed by atoms with van der Waals surface area (Å²) in [6.45, 7) is 5.24. The number of nitrogens with one attached hydrogen (secondary N) is 2. The predicted molar refractivity (Wildman–Crippen MR) is 195 cm³/mol. The Morgan fingerprint density at radius 3 is 1.29 bits per heavy atom. The van der Waals surface area contributed by atoms with Gasteiger partial charge in [0.2, 0.25) is 23.8 Å². The van der Waals surface area contributed by atoms with Gasteiger partial charge in [0, 0.05) is 60.7 Å². The van der Waals surface area contributed by atoms with Crippen molar-refractivity contribution in [2.45, 2.75) is 64.2 Å². The van der Waals surface area contributed by atoms with Crippen molar-refractivity contribution in [3.8, 4) is 0 Å². The maximum Gasteiger partial charge on any atom is 0.223 e. The number of anilines is 2. The Labute approximate surface area is 283 Å². The monoisotopic (exact) mass is 676 g/mol. The molecule has 0 saturated carbocycles. The average molecular weight is 678 g/mol. The van der Waals surface area contributed by atoms with Crippen LogP contribution in [0.3, 0.4) is 0 Å². The minimum Gasteiger partial charge on any atom is -0.369 e. The molecule has 2 aliphatic rings. The van der Waals surface area contributed by atoms with Gasteiger partial charge in [-0.2, -0.15) is 9.98 Å². The standard InChI is InChI=1S/C32H46Cl2N10.ClH/c33-25-11-15-27(16-12-25)39-29(35)41-31(43-21-7-3-8-22-43)37-19-5-1-2-6-20-38-32(44-23-9-4-10-24-44)42-30(36)40-28-17-13-26(34)14-18-28;/h11-18H,1-10,19-24H2,(H3,35,37,39,41)(H3,36,38,40,42);1H. The minimum atomic E-state index is 0. The molecule has 6 N–H and O–H groups in total. The molecule has 2 aromatic carbocycles. The third-order valence-electron chi connectivity index (χ3n) is 7.52. The molecule has 13 heteroatoms. The van der Waals surface area contributed by atoms with Gasteiger partial charge in [0.25, 0.3) is 0 Å². The zero-order valence-electron chi connectivity index (χ0n) is 25.9. The smallest absolute Gasteiger partial charge is 0.223 e. The number of aliphatic imine (C=N–C) groups is 4. The quantitative estimate of drug-likeness (QED) is 0.131. The maximum absolute atomic E-state index is 6.25. The molecule has 0 bridgehead atoms. The molecule has 0 atom stereocenters. The van der Waals surface area contributed by atoms with Crippen molar-refractivity contribution in [2.24, 2.45) is 31.4 Å². The molecule has 2 fully saturated rings. The van der Waals surface area contributed by atoms with Crippen LogP contribution in [0.2, 0.25) is 10.0 Å². The highest BCUT2D eigenvalue weighted by Crippen LogP contribution is 2.16. The Bertz CT molecular complexity index is 1170. The lowest BCUT2D eigenvalue weighted by Gasteiger charge is -2.27. The van der Waals surface area contributed by atoms with Gasteiger partial charge in [0.05, 0.1) is 0 Å². The van der Waals surface area contributed by atoms with E-state index in [0.717, 1.165) is 88.9 Å². The largest absolute Gasteiger partial charge is 0.369 e. The van der Waals surface area contributed by atoms with Crippen molar-refractivity contribution in [3.63, 3.8) is 0 Å². The maximum atomic E-state index is 6.25. The Morgan fingerprint density at radius 1 is 0.578 bits per heavy atom. The molecule has 0 spiro atoms. The van der Waals surface area contributed by atoms with Crippen LogP contribution in [0.15, 0.2) is 68.5 Å². The van der Waals surface area contributed by atoms with Crippen LogP contribution in [0, 0.1) is 0 Å². The zero-order valence-corrected chi connectivity index (χ0v) is 28.3. The highest BCUT2D eigenvalue weighted by molar-refractivity contribution is 6.31. The molecule has 0 amide bonds. The first-order valence-corrected chi connectivity index (χ1v) is 16.5. The van der Waals surface area contributed by atoms with Crippen molar-refractivity contribution in [1.29, 1.82) is 0 Å². The van der Waals surface area contributed by atoms with Crippen molar-refractivity contribution < 1.29 is 0 Å². The topological polar surface area (TPSA) is 132 Å². The number of likely N-dealkylation sites (tertiary alicyclic amines) is 2. The average Bonchev–Trinajstić information content (AvgIpc) is 3.04. The summed E-state index contributed by atoms with van der Waals surface area (Å²) in [5.74, 6) is 2.07. The van der Waals surface area contributed by atoms with E-state index in [-0.39, 0.29) is 12.4 Å². The third kappa shape index (κ3) is 13.4. The molecule has 2 aliphatic heterocycles. The van der Waals surface area contributed by atoms with Crippen molar-refractivity contribution in [3.05, 3.63) is 58.6 Å². The van der Waals surface area contributed by atoms with Crippen LogP contribution in [0.25, 0.3) is 0 Å². The van der Waals surface area contributed by atoms with Crippen LogP contribution in [-0.4, -0.2) is 72.9 Å². The number of nitrogens with two attached hydrogens (primary N) is 2. The van der Waals surface area contributed by atoms with E-state index in [0.29, 0.717) is 47.0 Å². The van der Waals surface area contributed by atoms with Crippen molar-refractivity contribution >= 4 is 70.8 Å². The molecule has 0 unspecified atom stereocenters. The van der Waals surface area contributed by atoms with Gasteiger partial charge < -0.3 is 31.9 Å². The molecule has 2 heterocycles. The summed E-state index contributed by atoms with van der Waals surface area (Å²) in [7, 11) is 0. The van der Waals surface area contributed by atoms with Gasteiger partial charge in [-0.3, -0.25) is 9.98 Å². The highest BCUT2D eigenvalue weighted by Gasteiger charge is 2.16. The van der Waals surface area contributed by atoms with Crippen molar-refractivity contribution in [1.82, 2.24) is 9.80 Å². The lowest BCUT2D eigenvalue weighted by Crippen LogP contribution is -2.37. The number of rotatable bonds is 9. The molecule has 10 nitrogen and oxygen atoms in total. The van der Waals surface area contributed by atoms with Crippen LogP contribution in [0.4, 0.5) is 11.4 Å². The Kier molecular flexibility index (Phi) is 16.1. The summed E-state index contributed by atoms with van der Waals surface area (Å²) >= 11 is 12.0. The van der Waals surface area contributed by atoms with E-state index in [4.69, 9.17) is 44.7 Å². The van der Waals surface area contributed by atoms with E-state index in [1.165, 1.54) is 12.8 Å². The first kappa shape index (κ1) is 36.3. The number of halogens is 3. The zero-order chi connectivity index (χ0) is 31.0. The number of guanidine groups is 4. The second kappa shape index (κ2) is 20.0. The molecule has 0 radical (unpaired) electrons. The van der Waals surface area contributed by atoms with Gasteiger partial charge in [-0.05, 0) is 99.9 Å². The molecule has 2 saturated heterocycles. The van der Waals surface area contributed by atoms with E-state index in [2.05, 4.69) is 30.4 Å². The third-order valence-corrected chi connectivity index (χ3v) is 8.03. The summed E-state index contributed by atoms with van der Waals surface area (Å²) < 4.78 is 0. The fraction of sp³-hybridized carbons (Fsp3) is 0.500. The molecule has 45 heavy (non-hydrogen) atoms. The highest BCUT2D eigenvalue weighted by atomic mass is 35.5. The van der Waals surface area contributed by atoms with Crippen molar-refractivity contribution in [2.75, 3.05) is 49.9 Å². The first-order valence-electron chi connectivity index (χ1n) is 15.8. The van der Waals surface area contributed by atoms with Crippen LogP contribution < -0.4 is 22.1 Å². The van der Waals surface area contributed by atoms with E-state index >= 15 is 0 Å². The lowest BCUT2D eigenvalue weighted by molar-refractivity contribution is 0.338. The van der Waals surface area contributed by atoms with E-state index in [1.807, 2.05) is 48.5 Å². The van der Waals surface area contributed by atoms with Gasteiger partial charge >= 0.3 is 0 Å². The Hall–Kier alpha value is -3.21. The van der Waals surface area contributed by atoms with E-state index < -0.39 is 0 Å². The molecule has 246 valence electrons. The molecule has 0 aliphatic carbocycles. The number of piperidine rings is 2. The van der Waals surface area contributed by atoms with Crippen LogP contribution in [0.5, 0.6) is 0 Å². The van der Waals surface area contributed by atoms with Gasteiger partial charge in [0.1, 0.15) is 0 Å². The Morgan fingerprint density at radius 2 is 0.933 bits per heavy atom. The van der Waals surface area contributed by atoms with Crippen LogP contribution >= 0.6 is 35.6 Å². The number of hydrogen-bond donors (Lipinski definition) is 4. The molecule has 4 rings (SSSR count). The van der Waals surface area contributed by atoms with Crippen LogP contribution in [-0.2, 0) is 0 Å². The fourth-order valence-corrected chi connectivity index (χ4v) is 5.42. The molecule has 0 aromatic heterocycles. The number of benzene rings is 2. The summed E-state index contributed by atoms with van der Waals surface area (Å²) in [6.07, 6.45) is 11.2. The summed E-state index contributed by atoms with van der Waals surface area (Å²) in [6, 6.07) is 14.8. The minimum absolute atomic E-state index is 0. The fourth-order valence-electron chi connectivity index (χ4n) is 5.17. The molecule has 2 aromatic rings. The second-order valence-electron chi connectivity index (χ2n) is 11.1. The number of hydrogen-bond acceptors (Lipinski definition) is 2. The molecular formula is C32H47Cl3N10.